The van der Waals surface area contributed by atoms with Crippen LogP contribution in [0.4, 0.5) is 0 Å². The summed E-state index contributed by atoms with van der Waals surface area (Å²) in [6.07, 6.45) is 1.28. The van der Waals surface area contributed by atoms with E-state index in [-0.39, 0.29) is 5.56 Å². The van der Waals surface area contributed by atoms with Gasteiger partial charge in [-0.05, 0) is 29.7 Å². The number of benzene rings is 1. The third kappa shape index (κ3) is 3.64. The Morgan fingerprint density at radius 2 is 2.00 bits per heavy atom. The fraction of sp³-hybridized carbons (Fsp3) is 0.267. The van der Waals surface area contributed by atoms with E-state index in [1.807, 2.05) is 0 Å². The number of rotatable bonds is 5. The molecule has 0 radical (unpaired) electrons. The van der Waals surface area contributed by atoms with Gasteiger partial charge in [-0.2, -0.15) is 0 Å². The number of furan rings is 1. The highest BCUT2D eigenvalue weighted by Crippen LogP contribution is 2.25. The summed E-state index contributed by atoms with van der Waals surface area (Å²) in [6.45, 7) is 4.33. The average molecular weight is 276 g/mol. The van der Waals surface area contributed by atoms with Gasteiger partial charge in [-0.25, -0.2) is 4.79 Å². The van der Waals surface area contributed by atoms with E-state index >= 15 is 0 Å². The lowest BCUT2D eigenvalue weighted by Crippen LogP contribution is -1.91. The smallest absolute Gasteiger partial charge is 0.338 e. The van der Waals surface area contributed by atoms with E-state index in [4.69, 9.17) is 9.52 Å². The van der Waals surface area contributed by atoms with Crippen molar-refractivity contribution in [2.45, 2.75) is 30.4 Å². The molecule has 100 valence electrons. The van der Waals surface area contributed by atoms with Crippen molar-refractivity contribution in [3.8, 4) is 0 Å². The zero-order valence-electron chi connectivity index (χ0n) is 10.9. The third-order valence-corrected chi connectivity index (χ3v) is 3.86. The molecule has 1 aromatic carbocycles. The topological polar surface area (TPSA) is 50.4 Å². The van der Waals surface area contributed by atoms with Crippen LogP contribution in [0.1, 0.15) is 41.4 Å². The summed E-state index contributed by atoms with van der Waals surface area (Å²) in [4.78, 5) is 11.9. The molecule has 0 aliphatic rings. The molecule has 0 fully saturated rings. The highest BCUT2D eigenvalue weighted by atomic mass is 32.2. The highest BCUT2D eigenvalue weighted by molar-refractivity contribution is 7.98. The second-order valence-corrected chi connectivity index (χ2v) is 5.67. The Labute approximate surface area is 116 Å². The number of thioether (sulfide) groups is 1. The number of hydrogen-bond acceptors (Lipinski definition) is 3. The standard InChI is InChI=1S/C15H16O3S/c1-10(2)11-3-5-14(6-4-11)19-9-13-7-12(8-18-13)15(16)17/h3-8,10H,9H2,1-2H3,(H,16,17). The first-order valence-electron chi connectivity index (χ1n) is 6.09. The molecule has 4 heteroatoms. The van der Waals surface area contributed by atoms with Crippen LogP contribution in [0.5, 0.6) is 0 Å². The number of hydrogen-bond donors (Lipinski definition) is 1. The first-order chi connectivity index (χ1) is 9.06. The molecule has 0 bridgehead atoms. The van der Waals surface area contributed by atoms with Crippen LogP contribution in [-0.4, -0.2) is 11.1 Å². The van der Waals surface area contributed by atoms with Gasteiger partial charge in [0.2, 0.25) is 0 Å². The Kier molecular flexibility index (Phi) is 4.32. The quantitative estimate of drug-likeness (QED) is 0.823. The lowest BCUT2D eigenvalue weighted by Gasteiger charge is -2.06. The minimum absolute atomic E-state index is 0.200. The predicted molar refractivity (Wildman–Crippen MR) is 75.8 cm³/mol. The zero-order chi connectivity index (χ0) is 13.8. The van der Waals surface area contributed by atoms with Crippen LogP contribution in [-0.2, 0) is 5.75 Å². The molecule has 1 N–H and O–H groups in total. The fourth-order valence-electron chi connectivity index (χ4n) is 1.67. The van der Waals surface area contributed by atoms with Crippen molar-refractivity contribution < 1.29 is 14.3 Å². The summed E-state index contributed by atoms with van der Waals surface area (Å²) in [6, 6.07) is 9.98. The molecule has 19 heavy (non-hydrogen) atoms. The first-order valence-corrected chi connectivity index (χ1v) is 7.08. The lowest BCUT2D eigenvalue weighted by atomic mass is 10.0. The van der Waals surface area contributed by atoms with Crippen molar-refractivity contribution in [1.29, 1.82) is 0 Å². The molecule has 0 saturated carbocycles. The van der Waals surface area contributed by atoms with Gasteiger partial charge >= 0.3 is 5.97 Å². The largest absolute Gasteiger partial charge is 0.478 e. The maximum absolute atomic E-state index is 10.7. The molecule has 2 aromatic rings. The molecule has 0 aliphatic carbocycles. The minimum Gasteiger partial charge on any atom is -0.478 e. The molecule has 0 aliphatic heterocycles. The molecule has 1 heterocycles. The van der Waals surface area contributed by atoms with Crippen LogP contribution in [0.25, 0.3) is 0 Å². The number of aromatic carboxylic acids is 1. The number of carboxylic acid groups (broad SMARTS) is 1. The molecule has 0 atom stereocenters. The fourth-order valence-corrected chi connectivity index (χ4v) is 2.46. The van der Waals surface area contributed by atoms with Gasteiger partial charge in [0, 0.05) is 4.90 Å². The van der Waals surface area contributed by atoms with Gasteiger partial charge in [0.25, 0.3) is 0 Å². The van der Waals surface area contributed by atoms with Gasteiger partial charge in [0.15, 0.2) is 0 Å². The molecular formula is C15H16O3S. The molecule has 0 saturated heterocycles. The van der Waals surface area contributed by atoms with Gasteiger partial charge in [0.1, 0.15) is 12.0 Å². The van der Waals surface area contributed by atoms with Crippen molar-refractivity contribution in [3.05, 3.63) is 53.5 Å². The van der Waals surface area contributed by atoms with E-state index in [0.29, 0.717) is 17.4 Å². The Balaban J connectivity index is 1.96. The summed E-state index contributed by atoms with van der Waals surface area (Å²) in [5.74, 6) is 0.882. The Hall–Kier alpha value is -1.68. The van der Waals surface area contributed by atoms with Gasteiger partial charge in [-0.3, -0.25) is 0 Å². The van der Waals surface area contributed by atoms with Gasteiger partial charge < -0.3 is 9.52 Å². The van der Waals surface area contributed by atoms with Gasteiger partial charge in [-0.1, -0.05) is 26.0 Å². The average Bonchev–Trinajstić information content (AvgIpc) is 2.86. The van der Waals surface area contributed by atoms with E-state index < -0.39 is 5.97 Å². The monoisotopic (exact) mass is 276 g/mol. The van der Waals surface area contributed by atoms with Crippen molar-refractivity contribution in [2.75, 3.05) is 0 Å². The maximum atomic E-state index is 10.7. The Morgan fingerprint density at radius 1 is 1.32 bits per heavy atom. The van der Waals surface area contributed by atoms with E-state index in [2.05, 4.69) is 38.1 Å². The van der Waals surface area contributed by atoms with Crippen LogP contribution in [0, 0.1) is 0 Å². The Morgan fingerprint density at radius 3 is 2.53 bits per heavy atom. The summed E-state index contributed by atoms with van der Waals surface area (Å²) >= 11 is 1.63. The second kappa shape index (κ2) is 5.97. The number of carbonyl (C=O) groups is 1. The normalized spacial score (nSPS) is 10.9. The summed E-state index contributed by atoms with van der Waals surface area (Å²) in [7, 11) is 0. The molecule has 3 nitrogen and oxygen atoms in total. The number of carboxylic acids is 1. The SMILES string of the molecule is CC(C)c1ccc(SCc2cc(C(=O)O)co2)cc1. The van der Waals surface area contributed by atoms with Crippen molar-refractivity contribution in [3.63, 3.8) is 0 Å². The van der Waals surface area contributed by atoms with Gasteiger partial charge in [0.05, 0.1) is 11.3 Å². The summed E-state index contributed by atoms with van der Waals surface area (Å²) in [5.41, 5.74) is 1.52. The Bertz CT molecular complexity index is 555. The van der Waals surface area contributed by atoms with Crippen LogP contribution in [0.2, 0.25) is 0 Å². The lowest BCUT2D eigenvalue weighted by molar-refractivity contribution is 0.0696. The van der Waals surface area contributed by atoms with Crippen LogP contribution in [0.15, 0.2) is 45.9 Å². The summed E-state index contributed by atoms with van der Waals surface area (Å²) in [5, 5.41) is 8.80. The molecule has 0 unspecified atom stereocenters. The van der Waals surface area contributed by atoms with Crippen LogP contribution in [0.3, 0.4) is 0 Å². The zero-order valence-corrected chi connectivity index (χ0v) is 11.7. The molecule has 0 amide bonds. The van der Waals surface area contributed by atoms with E-state index in [1.54, 1.807) is 17.8 Å². The van der Waals surface area contributed by atoms with E-state index in [9.17, 15) is 4.79 Å². The molecule has 1 aromatic heterocycles. The highest BCUT2D eigenvalue weighted by Gasteiger charge is 2.08. The predicted octanol–water partition coefficient (Wildman–Crippen LogP) is 4.39. The van der Waals surface area contributed by atoms with Crippen molar-refractivity contribution >= 4 is 17.7 Å². The molecule has 2 rings (SSSR count). The maximum Gasteiger partial charge on any atom is 0.338 e. The van der Waals surface area contributed by atoms with Crippen LogP contribution < -0.4 is 0 Å². The van der Waals surface area contributed by atoms with Crippen molar-refractivity contribution in [1.82, 2.24) is 0 Å². The van der Waals surface area contributed by atoms with E-state index in [1.165, 1.54) is 11.8 Å². The second-order valence-electron chi connectivity index (χ2n) is 4.62. The molecule has 0 spiro atoms. The minimum atomic E-state index is -0.957. The molecular weight excluding hydrogens is 260 g/mol. The summed E-state index contributed by atoms with van der Waals surface area (Å²) < 4.78 is 5.21. The van der Waals surface area contributed by atoms with E-state index in [0.717, 1.165) is 4.90 Å². The third-order valence-electron chi connectivity index (χ3n) is 2.83. The van der Waals surface area contributed by atoms with Gasteiger partial charge in [-0.15, -0.1) is 11.8 Å². The first kappa shape index (κ1) is 13.7. The van der Waals surface area contributed by atoms with Crippen molar-refractivity contribution in [2.24, 2.45) is 0 Å². The van der Waals surface area contributed by atoms with Crippen LogP contribution >= 0.6 is 11.8 Å².